The molecule has 0 spiro atoms. The first-order valence-corrected chi connectivity index (χ1v) is 8.90. The predicted octanol–water partition coefficient (Wildman–Crippen LogP) is 3.47. The van der Waals surface area contributed by atoms with Gasteiger partial charge in [0.25, 0.3) is 0 Å². The van der Waals surface area contributed by atoms with Gasteiger partial charge in [-0.1, -0.05) is 6.07 Å². The number of rotatable bonds is 8. The van der Waals surface area contributed by atoms with Crippen molar-refractivity contribution < 1.29 is 23.5 Å². The Morgan fingerprint density at radius 2 is 1.82 bits per heavy atom. The molecule has 6 nitrogen and oxygen atoms in total. The monoisotopic (exact) mass is 388 g/mol. The summed E-state index contributed by atoms with van der Waals surface area (Å²) >= 11 is 0. The van der Waals surface area contributed by atoms with Crippen molar-refractivity contribution in [3.05, 3.63) is 59.4 Å². The van der Waals surface area contributed by atoms with Crippen LogP contribution in [0.25, 0.3) is 0 Å². The molecule has 7 heteroatoms. The lowest BCUT2D eigenvalue weighted by Gasteiger charge is -2.17. The van der Waals surface area contributed by atoms with Crippen molar-refractivity contribution in [3.63, 3.8) is 0 Å². The van der Waals surface area contributed by atoms with Gasteiger partial charge < -0.3 is 14.8 Å². The molecule has 0 saturated heterocycles. The molecular weight excluding hydrogens is 363 g/mol. The van der Waals surface area contributed by atoms with Gasteiger partial charge >= 0.3 is 5.97 Å². The smallest absolute Gasteiger partial charge is 0.338 e. The molecule has 0 aliphatic rings. The minimum Gasteiger partial charge on any atom is -0.494 e. The molecule has 0 heterocycles. The Kier molecular flexibility index (Phi) is 7.52. The predicted molar refractivity (Wildman–Crippen MR) is 105 cm³/mol. The number of methoxy groups -OCH3 is 1. The van der Waals surface area contributed by atoms with E-state index in [9.17, 15) is 14.0 Å². The van der Waals surface area contributed by atoms with Crippen LogP contribution in [0.4, 0.5) is 10.1 Å². The van der Waals surface area contributed by atoms with Crippen LogP contribution in [0.1, 0.15) is 29.8 Å². The Morgan fingerprint density at radius 1 is 1.14 bits per heavy atom. The second-order valence-electron chi connectivity index (χ2n) is 6.72. The van der Waals surface area contributed by atoms with Crippen molar-refractivity contribution in [1.82, 2.24) is 4.90 Å². The number of nitrogens with one attached hydrogen (secondary N) is 1. The molecule has 0 aliphatic carbocycles. The number of nitrogens with zero attached hydrogens (tertiary/aromatic N) is 1. The van der Waals surface area contributed by atoms with Gasteiger partial charge in [-0.2, -0.15) is 0 Å². The highest BCUT2D eigenvalue weighted by atomic mass is 19.1. The van der Waals surface area contributed by atoms with Crippen LogP contribution in [0.3, 0.4) is 0 Å². The van der Waals surface area contributed by atoms with Crippen molar-refractivity contribution in [2.24, 2.45) is 0 Å². The second-order valence-corrected chi connectivity index (χ2v) is 6.72. The zero-order chi connectivity index (χ0) is 20.7. The van der Waals surface area contributed by atoms with Crippen LogP contribution < -0.4 is 10.1 Å². The molecule has 150 valence electrons. The van der Waals surface area contributed by atoms with Crippen LogP contribution in [-0.2, 0) is 16.1 Å². The molecule has 0 fully saturated rings. The number of hydrogen-bond acceptors (Lipinski definition) is 5. The molecule has 2 aromatic carbocycles. The van der Waals surface area contributed by atoms with Crippen LogP contribution in [0.5, 0.6) is 5.75 Å². The number of likely N-dealkylation sites (N-methyl/N-ethyl adjacent to an activating group) is 1. The first kappa shape index (κ1) is 21.4. The van der Waals surface area contributed by atoms with Crippen molar-refractivity contribution >= 4 is 17.6 Å². The Hall–Kier alpha value is -2.93. The zero-order valence-electron chi connectivity index (χ0n) is 16.5. The highest BCUT2D eigenvalue weighted by Crippen LogP contribution is 2.18. The van der Waals surface area contributed by atoms with Gasteiger partial charge in [0.15, 0.2) is 11.6 Å². The van der Waals surface area contributed by atoms with E-state index in [0.29, 0.717) is 17.8 Å². The van der Waals surface area contributed by atoms with Gasteiger partial charge in [-0.15, -0.1) is 0 Å². The number of hydrogen-bond donors (Lipinski definition) is 1. The van der Waals surface area contributed by atoms with Crippen LogP contribution in [0.2, 0.25) is 0 Å². The minimum absolute atomic E-state index is 0.130. The number of carbonyl (C=O) groups excluding carboxylic acids is 2. The zero-order valence-corrected chi connectivity index (χ0v) is 16.5. The van der Waals surface area contributed by atoms with Crippen LogP contribution >= 0.6 is 0 Å². The summed E-state index contributed by atoms with van der Waals surface area (Å²) in [6, 6.07) is 11.2. The molecule has 28 heavy (non-hydrogen) atoms. The maximum Gasteiger partial charge on any atom is 0.338 e. The summed E-state index contributed by atoms with van der Waals surface area (Å²) in [5.41, 5.74) is 1.74. The van der Waals surface area contributed by atoms with Crippen LogP contribution in [-0.4, -0.2) is 43.6 Å². The van der Waals surface area contributed by atoms with Crippen LogP contribution in [0, 0.1) is 5.82 Å². The molecule has 1 amide bonds. The molecular formula is C21H25FN2O4. The van der Waals surface area contributed by atoms with E-state index < -0.39 is 11.8 Å². The lowest BCUT2D eigenvalue weighted by Crippen LogP contribution is -2.29. The third-order valence-electron chi connectivity index (χ3n) is 3.83. The Labute approximate surface area is 164 Å². The number of halogens is 1. The molecule has 0 aliphatic heterocycles. The fourth-order valence-electron chi connectivity index (χ4n) is 2.59. The van der Waals surface area contributed by atoms with E-state index >= 15 is 0 Å². The van der Waals surface area contributed by atoms with Crippen molar-refractivity contribution in [2.45, 2.75) is 26.5 Å². The summed E-state index contributed by atoms with van der Waals surface area (Å²) in [7, 11) is 3.18. The normalized spacial score (nSPS) is 10.8. The van der Waals surface area contributed by atoms with E-state index in [1.54, 1.807) is 62.2 Å². The van der Waals surface area contributed by atoms with Crippen molar-refractivity contribution in [2.75, 3.05) is 26.0 Å². The molecule has 0 saturated carbocycles. The first-order chi connectivity index (χ1) is 13.3. The van der Waals surface area contributed by atoms with Crippen LogP contribution in [0.15, 0.2) is 42.5 Å². The van der Waals surface area contributed by atoms with E-state index in [0.717, 1.165) is 5.56 Å². The fourth-order valence-corrected chi connectivity index (χ4v) is 2.59. The number of ether oxygens (including phenoxy) is 2. The topological polar surface area (TPSA) is 67.9 Å². The van der Waals surface area contributed by atoms with E-state index in [1.165, 1.54) is 13.2 Å². The molecule has 0 atom stereocenters. The molecule has 2 aromatic rings. The highest BCUT2D eigenvalue weighted by Gasteiger charge is 2.12. The van der Waals surface area contributed by atoms with E-state index in [-0.39, 0.29) is 24.3 Å². The summed E-state index contributed by atoms with van der Waals surface area (Å²) in [6.45, 7) is 4.10. The largest absolute Gasteiger partial charge is 0.494 e. The number of esters is 1. The number of amides is 1. The average Bonchev–Trinajstić information content (AvgIpc) is 2.61. The molecule has 0 radical (unpaired) electrons. The summed E-state index contributed by atoms with van der Waals surface area (Å²) in [6.07, 6.45) is -0.193. The van der Waals surface area contributed by atoms with Gasteiger partial charge in [-0.05, 0) is 62.9 Å². The van der Waals surface area contributed by atoms with Gasteiger partial charge in [0.2, 0.25) is 5.91 Å². The standard InChI is InChI=1S/C21H25FN2O4/c1-14(2)28-21(26)16-6-8-17(9-7-16)23-20(25)13-24(3)12-15-5-10-19(27-4)18(22)11-15/h5-11,14H,12-13H2,1-4H3,(H,23,25). The maximum atomic E-state index is 13.8. The summed E-state index contributed by atoms with van der Waals surface area (Å²) in [5.74, 6) is -0.868. The summed E-state index contributed by atoms with van der Waals surface area (Å²) in [5, 5.41) is 2.77. The average molecular weight is 388 g/mol. The van der Waals surface area contributed by atoms with Gasteiger partial charge in [0.1, 0.15) is 0 Å². The van der Waals surface area contributed by atoms with Gasteiger partial charge in [0.05, 0.1) is 25.3 Å². The third-order valence-corrected chi connectivity index (χ3v) is 3.83. The molecule has 0 bridgehead atoms. The third kappa shape index (κ3) is 6.35. The van der Waals surface area contributed by atoms with Gasteiger partial charge in [-0.25, -0.2) is 9.18 Å². The summed E-state index contributed by atoms with van der Waals surface area (Å²) in [4.78, 5) is 25.8. The number of anilines is 1. The fraction of sp³-hybridized carbons (Fsp3) is 0.333. The molecule has 1 N–H and O–H groups in total. The highest BCUT2D eigenvalue weighted by molar-refractivity contribution is 5.94. The molecule has 2 rings (SSSR count). The SMILES string of the molecule is COc1ccc(CN(C)CC(=O)Nc2ccc(C(=O)OC(C)C)cc2)cc1F. The first-order valence-electron chi connectivity index (χ1n) is 8.90. The quantitative estimate of drug-likeness (QED) is 0.702. The van der Waals surface area contributed by atoms with Gasteiger partial charge in [-0.3, -0.25) is 9.69 Å². The number of carbonyl (C=O) groups is 2. The molecule has 0 aromatic heterocycles. The van der Waals surface area contributed by atoms with E-state index in [4.69, 9.17) is 9.47 Å². The van der Waals surface area contributed by atoms with E-state index in [2.05, 4.69) is 5.32 Å². The summed E-state index contributed by atoms with van der Waals surface area (Å²) < 4.78 is 23.8. The van der Waals surface area contributed by atoms with Crippen molar-refractivity contribution in [1.29, 1.82) is 0 Å². The Balaban J connectivity index is 1.87. The van der Waals surface area contributed by atoms with Gasteiger partial charge in [0, 0.05) is 12.2 Å². The minimum atomic E-state index is -0.436. The molecule has 0 unspecified atom stereocenters. The number of benzene rings is 2. The van der Waals surface area contributed by atoms with Crippen molar-refractivity contribution in [3.8, 4) is 5.75 Å². The second kappa shape index (κ2) is 9.85. The Morgan fingerprint density at radius 3 is 2.39 bits per heavy atom. The lowest BCUT2D eigenvalue weighted by molar-refractivity contribution is -0.117. The van der Waals surface area contributed by atoms with E-state index in [1.807, 2.05) is 0 Å². The maximum absolute atomic E-state index is 13.8. The Bertz CT molecular complexity index is 822. The lowest BCUT2D eigenvalue weighted by atomic mass is 10.2.